The minimum atomic E-state index is -0.290. The van der Waals surface area contributed by atoms with Gasteiger partial charge in [0.15, 0.2) is 0 Å². The maximum atomic E-state index is 10.8. The number of hydrogen-bond acceptors (Lipinski definition) is 4. The van der Waals surface area contributed by atoms with E-state index in [1.807, 2.05) is 0 Å². The molecule has 2 N–H and O–H groups in total. The van der Waals surface area contributed by atoms with Crippen molar-refractivity contribution in [1.82, 2.24) is 4.90 Å². The van der Waals surface area contributed by atoms with E-state index >= 15 is 0 Å². The van der Waals surface area contributed by atoms with Crippen LogP contribution in [0.5, 0.6) is 0 Å². The number of carbonyl (C=O) groups excluding carboxylic acids is 1. The molecule has 0 aromatic heterocycles. The Morgan fingerprint density at radius 3 is 2.64 bits per heavy atom. The van der Waals surface area contributed by atoms with Gasteiger partial charge in [0.25, 0.3) is 0 Å². The second-order valence-electron chi connectivity index (χ2n) is 2.15. The average Bonchev–Trinajstić information content (AvgIpc) is 1.87. The monoisotopic (exact) mass is 158 g/mol. The van der Waals surface area contributed by atoms with Crippen LogP contribution in [0.2, 0.25) is 0 Å². The van der Waals surface area contributed by atoms with Crippen LogP contribution in [0.1, 0.15) is 6.92 Å². The van der Waals surface area contributed by atoms with Crippen LogP contribution < -0.4 is 5.73 Å². The summed E-state index contributed by atoms with van der Waals surface area (Å²) < 4.78 is 4.69. The lowest BCUT2D eigenvalue weighted by Gasteiger charge is -2.16. The third-order valence-electron chi connectivity index (χ3n) is 1.16. The van der Waals surface area contributed by atoms with Gasteiger partial charge in [0.1, 0.15) is 6.54 Å². The molecule has 0 saturated carbocycles. The summed E-state index contributed by atoms with van der Waals surface area (Å²) in [5, 5.41) is 0. The first-order chi connectivity index (χ1) is 5.07. The molecule has 0 aromatic rings. The van der Waals surface area contributed by atoms with Crippen molar-refractivity contribution in [1.29, 1.82) is 0 Å². The first kappa shape index (κ1) is 9.81. The van der Waals surface area contributed by atoms with Crippen molar-refractivity contribution in [3.63, 3.8) is 0 Å². The van der Waals surface area contributed by atoms with Crippen molar-refractivity contribution >= 4 is 5.97 Å². The lowest BCUT2D eigenvalue weighted by molar-refractivity contribution is -0.143. The van der Waals surface area contributed by atoms with Gasteiger partial charge in [0.05, 0.1) is 12.4 Å². The predicted octanol–water partition coefficient (Wildman–Crippen LogP) is -0.0888. The van der Waals surface area contributed by atoms with Gasteiger partial charge in [-0.3, -0.25) is 4.79 Å². The van der Waals surface area contributed by atoms with Crippen LogP contribution in [0.15, 0.2) is 12.4 Å². The van der Waals surface area contributed by atoms with E-state index in [0.29, 0.717) is 12.4 Å². The molecule has 0 radical (unpaired) electrons. The van der Waals surface area contributed by atoms with Gasteiger partial charge in [-0.05, 0) is 6.92 Å². The van der Waals surface area contributed by atoms with E-state index in [9.17, 15) is 4.79 Å². The number of esters is 1. The van der Waals surface area contributed by atoms with Crippen LogP contribution in [-0.2, 0) is 9.53 Å². The maximum absolute atomic E-state index is 10.8. The van der Waals surface area contributed by atoms with Crippen LogP contribution in [0, 0.1) is 0 Å². The number of ether oxygens (including phenoxy) is 1. The molecule has 0 aliphatic carbocycles. The van der Waals surface area contributed by atoms with Crippen molar-refractivity contribution in [2.45, 2.75) is 6.92 Å². The van der Waals surface area contributed by atoms with E-state index in [-0.39, 0.29) is 12.5 Å². The molecule has 0 bridgehead atoms. The Hall–Kier alpha value is -1.19. The van der Waals surface area contributed by atoms with Crippen LogP contribution in [0.25, 0.3) is 0 Å². The highest BCUT2D eigenvalue weighted by molar-refractivity contribution is 5.71. The zero-order valence-corrected chi connectivity index (χ0v) is 6.96. The van der Waals surface area contributed by atoms with E-state index in [4.69, 9.17) is 5.73 Å². The average molecular weight is 158 g/mol. The van der Waals surface area contributed by atoms with Gasteiger partial charge in [0.2, 0.25) is 0 Å². The second kappa shape index (κ2) is 4.60. The summed E-state index contributed by atoms with van der Waals surface area (Å²) in [5.74, 6) is 0.0691. The highest BCUT2D eigenvalue weighted by Crippen LogP contribution is 1.89. The van der Waals surface area contributed by atoms with Gasteiger partial charge in [-0.2, -0.15) is 0 Å². The second-order valence-corrected chi connectivity index (χ2v) is 2.15. The fourth-order valence-electron chi connectivity index (χ4n) is 0.502. The van der Waals surface area contributed by atoms with E-state index in [2.05, 4.69) is 11.3 Å². The molecule has 0 unspecified atom stereocenters. The summed E-state index contributed by atoms with van der Waals surface area (Å²) in [5.41, 5.74) is 5.30. The molecule has 0 amide bonds. The number of nitrogens with two attached hydrogens (primary N) is 1. The molecular weight excluding hydrogens is 144 g/mol. The molecule has 64 valence electrons. The Balaban J connectivity index is 3.66. The molecule has 0 rings (SSSR count). The van der Waals surface area contributed by atoms with Crippen molar-refractivity contribution < 1.29 is 9.53 Å². The van der Waals surface area contributed by atoms with Crippen molar-refractivity contribution in [3.05, 3.63) is 12.4 Å². The summed E-state index contributed by atoms with van der Waals surface area (Å²) in [6.07, 6.45) is 0. The zero-order valence-electron chi connectivity index (χ0n) is 6.96. The molecule has 0 fully saturated rings. The lowest BCUT2D eigenvalue weighted by atomic mass is 10.5. The SMILES string of the molecule is C=C(N)N(C)CC(=O)OCC. The quantitative estimate of drug-likeness (QED) is 0.581. The van der Waals surface area contributed by atoms with Crippen LogP contribution >= 0.6 is 0 Å². The van der Waals surface area contributed by atoms with Gasteiger partial charge in [0, 0.05) is 7.05 Å². The number of hydrogen-bond donors (Lipinski definition) is 1. The van der Waals surface area contributed by atoms with E-state index < -0.39 is 0 Å². The number of carbonyl (C=O) groups is 1. The Morgan fingerprint density at radius 2 is 2.27 bits per heavy atom. The van der Waals surface area contributed by atoms with E-state index in [1.54, 1.807) is 14.0 Å². The predicted molar refractivity (Wildman–Crippen MR) is 42.6 cm³/mol. The molecule has 0 spiro atoms. The normalized spacial score (nSPS) is 8.91. The maximum Gasteiger partial charge on any atom is 0.325 e. The Bertz CT molecular complexity index is 157. The smallest absolute Gasteiger partial charge is 0.325 e. The lowest BCUT2D eigenvalue weighted by Crippen LogP contribution is -2.29. The molecule has 0 aliphatic heterocycles. The number of rotatable bonds is 4. The fraction of sp³-hybridized carbons (Fsp3) is 0.571. The molecule has 11 heavy (non-hydrogen) atoms. The van der Waals surface area contributed by atoms with Crippen LogP contribution in [-0.4, -0.2) is 31.1 Å². The third-order valence-corrected chi connectivity index (χ3v) is 1.16. The highest BCUT2D eigenvalue weighted by Gasteiger charge is 2.05. The Labute approximate surface area is 66.6 Å². The van der Waals surface area contributed by atoms with Gasteiger partial charge < -0.3 is 15.4 Å². The van der Waals surface area contributed by atoms with Crippen LogP contribution in [0.3, 0.4) is 0 Å². The molecular formula is C7H14N2O2. The van der Waals surface area contributed by atoms with Crippen molar-refractivity contribution in [2.75, 3.05) is 20.2 Å². The van der Waals surface area contributed by atoms with Gasteiger partial charge in [-0.25, -0.2) is 0 Å². The first-order valence-corrected chi connectivity index (χ1v) is 3.39. The summed E-state index contributed by atoms with van der Waals surface area (Å²) in [4.78, 5) is 12.3. The Morgan fingerprint density at radius 1 is 1.73 bits per heavy atom. The zero-order chi connectivity index (χ0) is 8.85. The molecule has 0 atom stereocenters. The van der Waals surface area contributed by atoms with E-state index in [1.165, 1.54) is 4.90 Å². The summed E-state index contributed by atoms with van der Waals surface area (Å²) in [7, 11) is 1.68. The van der Waals surface area contributed by atoms with Gasteiger partial charge >= 0.3 is 5.97 Å². The molecule has 0 aliphatic rings. The molecule has 0 saturated heterocycles. The fourth-order valence-corrected chi connectivity index (χ4v) is 0.502. The van der Waals surface area contributed by atoms with Crippen LogP contribution in [0.4, 0.5) is 0 Å². The molecule has 4 heteroatoms. The summed E-state index contributed by atoms with van der Waals surface area (Å²) in [6.45, 7) is 5.77. The molecule has 0 aromatic carbocycles. The Kier molecular flexibility index (Phi) is 4.10. The van der Waals surface area contributed by atoms with Gasteiger partial charge in [-0.15, -0.1) is 0 Å². The first-order valence-electron chi connectivity index (χ1n) is 3.39. The summed E-state index contributed by atoms with van der Waals surface area (Å²) >= 11 is 0. The summed E-state index contributed by atoms with van der Waals surface area (Å²) in [6, 6.07) is 0. The standard InChI is InChI=1S/C7H14N2O2/c1-4-11-7(10)5-9(3)6(2)8/h2,4-5,8H2,1,3H3. The van der Waals surface area contributed by atoms with E-state index in [0.717, 1.165) is 0 Å². The third kappa shape index (κ3) is 4.25. The minimum Gasteiger partial charge on any atom is -0.465 e. The largest absolute Gasteiger partial charge is 0.465 e. The molecule has 0 heterocycles. The minimum absolute atomic E-state index is 0.156. The van der Waals surface area contributed by atoms with Crippen molar-refractivity contribution in [3.8, 4) is 0 Å². The number of nitrogens with zero attached hydrogens (tertiary/aromatic N) is 1. The molecule has 4 nitrogen and oxygen atoms in total. The number of likely N-dealkylation sites (N-methyl/N-ethyl adjacent to an activating group) is 1. The van der Waals surface area contributed by atoms with Gasteiger partial charge in [-0.1, -0.05) is 6.58 Å². The topological polar surface area (TPSA) is 55.6 Å². The highest BCUT2D eigenvalue weighted by atomic mass is 16.5. The van der Waals surface area contributed by atoms with Crippen molar-refractivity contribution in [2.24, 2.45) is 5.73 Å².